The Morgan fingerprint density at radius 2 is 1.66 bits per heavy atom. The molecule has 0 heterocycles. The van der Waals surface area contributed by atoms with Crippen molar-refractivity contribution in [2.75, 3.05) is 43.3 Å². The van der Waals surface area contributed by atoms with E-state index in [0.717, 1.165) is 42.9 Å². The molecule has 0 saturated carbocycles. The van der Waals surface area contributed by atoms with Crippen LogP contribution in [0.3, 0.4) is 0 Å². The standard InChI is InChI=1S/C33H43N3O8/c1-25(38)44-36(33(41)35-29-11-5-4-6-12-29)30-13-9-10-26(20-30)24-43-19-18-42-17-8-3-2-7-16-34-22-32(40)27-14-15-31(39)28(21-27)23-37/h4-6,9-15,20-21,32,34,37,39-40H,2-3,7-8,16-19,22-24H2,1H3,(H,35,41)/t32-/m0/s1. The Bertz CT molecular complexity index is 1290. The average molecular weight is 610 g/mol. The molecule has 0 fully saturated rings. The minimum absolute atomic E-state index is 0.0209. The Balaban J connectivity index is 1.25. The fourth-order valence-corrected chi connectivity index (χ4v) is 4.32. The number of ether oxygens (including phenoxy) is 2. The Labute approximate surface area is 258 Å². The fraction of sp³-hybridized carbons (Fsp3) is 0.394. The normalized spacial score (nSPS) is 11.6. The van der Waals surface area contributed by atoms with E-state index >= 15 is 0 Å². The van der Waals surface area contributed by atoms with E-state index in [0.29, 0.717) is 55.5 Å². The maximum absolute atomic E-state index is 12.8. The number of unbranched alkanes of at least 4 members (excludes halogenated alkanes) is 3. The van der Waals surface area contributed by atoms with E-state index in [9.17, 15) is 24.9 Å². The summed E-state index contributed by atoms with van der Waals surface area (Å²) >= 11 is 0. The van der Waals surface area contributed by atoms with Crippen molar-refractivity contribution >= 4 is 23.4 Å². The molecule has 238 valence electrons. The van der Waals surface area contributed by atoms with Crippen LogP contribution in [-0.2, 0) is 32.3 Å². The van der Waals surface area contributed by atoms with Gasteiger partial charge in [0.15, 0.2) is 0 Å². The molecule has 11 heteroatoms. The van der Waals surface area contributed by atoms with E-state index in [2.05, 4.69) is 10.6 Å². The van der Waals surface area contributed by atoms with Crippen LogP contribution in [-0.4, -0.2) is 60.2 Å². The zero-order valence-electron chi connectivity index (χ0n) is 25.1. The summed E-state index contributed by atoms with van der Waals surface area (Å²) < 4.78 is 11.4. The molecule has 1 atom stereocenters. The number of para-hydroxylation sites is 1. The van der Waals surface area contributed by atoms with Crippen LogP contribution in [0.4, 0.5) is 16.2 Å². The topological polar surface area (TPSA) is 150 Å². The lowest BCUT2D eigenvalue weighted by molar-refractivity contribution is -0.141. The number of phenols is 1. The van der Waals surface area contributed by atoms with Crippen LogP contribution >= 0.6 is 0 Å². The van der Waals surface area contributed by atoms with Gasteiger partial charge >= 0.3 is 12.0 Å². The molecular formula is C33H43N3O8. The van der Waals surface area contributed by atoms with Crippen LogP contribution in [0.25, 0.3) is 0 Å². The lowest BCUT2D eigenvalue weighted by Gasteiger charge is -2.21. The van der Waals surface area contributed by atoms with Crippen LogP contribution in [0.5, 0.6) is 5.75 Å². The monoisotopic (exact) mass is 609 g/mol. The largest absolute Gasteiger partial charge is 0.508 e. The van der Waals surface area contributed by atoms with Gasteiger partial charge in [0.1, 0.15) is 5.75 Å². The van der Waals surface area contributed by atoms with Gasteiger partial charge in [-0.1, -0.05) is 49.2 Å². The molecule has 0 aliphatic carbocycles. The van der Waals surface area contributed by atoms with Gasteiger partial charge in [-0.25, -0.2) is 9.59 Å². The Hall–Kier alpha value is -4.00. The molecule has 0 saturated heterocycles. The number of aliphatic hydroxyl groups excluding tert-OH is 2. The van der Waals surface area contributed by atoms with Gasteiger partial charge in [0.2, 0.25) is 0 Å². The number of nitrogens with zero attached hydrogens (tertiary/aromatic N) is 1. The summed E-state index contributed by atoms with van der Waals surface area (Å²) in [7, 11) is 0. The van der Waals surface area contributed by atoms with E-state index < -0.39 is 18.1 Å². The average Bonchev–Trinajstić information content (AvgIpc) is 3.02. The number of nitrogens with one attached hydrogen (secondary N) is 2. The van der Waals surface area contributed by atoms with Crippen molar-refractivity contribution in [2.45, 2.75) is 51.9 Å². The summed E-state index contributed by atoms with van der Waals surface area (Å²) in [6.07, 6.45) is 3.30. The number of hydrogen-bond donors (Lipinski definition) is 5. The highest BCUT2D eigenvalue weighted by Gasteiger charge is 2.20. The smallest absolute Gasteiger partial charge is 0.359 e. The highest BCUT2D eigenvalue weighted by molar-refractivity contribution is 6.01. The molecule has 44 heavy (non-hydrogen) atoms. The Morgan fingerprint density at radius 3 is 2.43 bits per heavy atom. The number of benzene rings is 3. The van der Waals surface area contributed by atoms with Crippen molar-refractivity contribution in [3.63, 3.8) is 0 Å². The minimum Gasteiger partial charge on any atom is -0.508 e. The lowest BCUT2D eigenvalue weighted by atomic mass is 10.1. The zero-order chi connectivity index (χ0) is 31.6. The molecule has 0 aliphatic heterocycles. The second kappa shape index (κ2) is 19.3. The van der Waals surface area contributed by atoms with Crippen molar-refractivity contribution in [2.24, 2.45) is 0 Å². The van der Waals surface area contributed by atoms with Crippen LogP contribution in [0.1, 0.15) is 55.4 Å². The predicted molar refractivity (Wildman–Crippen MR) is 167 cm³/mol. The van der Waals surface area contributed by atoms with Gasteiger partial charge in [0.05, 0.1) is 38.2 Å². The van der Waals surface area contributed by atoms with Gasteiger partial charge in [0.25, 0.3) is 0 Å². The number of aromatic hydroxyl groups is 1. The first kappa shape index (κ1) is 34.5. The van der Waals surface area contributed by atoms with Gasteiger partial charge in [-0.2, -0.15) is 0 Å². The zero-order valence-corrected chi connectivity index (χ0v) is 25.1. The van der Waals surface area contributed by atoms with E-state index in [-0.39, 0.29) is 12.4 Å². The van der Waals surface area contributed by atoms with Crippen LogP contribution in [0.15, 0.2) is 72.8 Å². The van der Waals surface area contributed by atoms with Crippen LogP contribution < -0.4 is 15.7 Å². The molecule has 0 radical (unpaired) electrons. The number of anilines is 2. The van der Waals surface area contributed by atoms with Gasteiger partial charge in [-0.05, 0) is 66.9 Å². The second-order valence-corrected chi connectivity index (χ2v) is 10.2. The van der Waals surface area contributed by atoms with Gasteiger partial charge in [-0.15, -0.1) is 5.06 Å². The number of carbonyl (C=O) groups is 2. The molecule has 0 aromatic heterocycles. The number of amides is 2. The van der Waals surface area contributed by atoms with Crippen molar-refractivity contribution in [3.05, 3.63) is 89.5 Å². The molecule has 0 spiro atoms. The van der Waals surface area contributed by atoms with Crippen molar-refractivity contribution < 1.29 is 39.2 Å². The summed E-state index contributed by atoms with van der Waals surface area (Å²) in [6, 6.07) is 20.1. The molecule has 3 aromatic rings. The fourth-order valence-electron chi connectivity index (χ4n) is 4.32. The van der Waals surface area contributed by atoms with Gasteiger partial charge in [-0.3, -0.25) is 0 Å². The molecule has 2 amide bonds. The van der Waals surface area contributed by atoms with Crippen LogP contribution in [0.2, 0.25) is 0 Å². The number of aliphatic hydroxyl groups is 2. The van der Waals surface area contributed by atoms with Gasteiger partial charge in [0, 0.05) is 31.3 Å². The molecule has 5 N–H and O–H groups in total. The highest BCUT2D eigenvalue weighted by atomic mass is 16.7. The van der Waals surface area contributed by atoms with E-state index in [1.807, 2.05) is 12.1 Å². The first-order valence-corrected chi connectivity index (χ1v) is 14.8. The van der Waals surface area contributed by atoms with Crippen molar-refractivity contribution in [1.29, 1.82) is 0 Å². The molecule has 0 aliphatic rings. The van der Waals surface area contributed by atoms with E-state index in [1.54, 1.807) is 54.6 Å². The number of carbonyl (C=O) groups excluding carboxylic acids is 2. The van der Waals surface area contributed by atoms with E-state index in [1.165, 1.54) is 13.0 Å². The van der Waals surface area contributed by atoms with Crippen LogP contribution in [0, 0.1) is 0 Å². The molecule has 3 rings (SSSR count). The van der Waals surface area contributed by atoms with Gasteiger partial charge < -0.3 is 40.3 Å². The van der Waals surface area contributed by atoms with Crippen molar-refractivity contribution in [1.82, 2.24) is 5.32 Å². The summed E-state index contributed by atoms with van der Waals surface area (Å²) in [6.45, 7) is 3.98. The molecule has 11 nitrogen and oxygen atoms in total. The Morgan fingerprint density at radius 1 is 0.886 bits per heavy atom. The third kappa shape index (κ3) is 12.3. The number of hydroxylamine groups is 1. The first-order valence-electron chi connectivity index (χ1n) is 14.8. The highest BCUT2D eigenvalue weighted by Crippen LogP contribution is 2.22. The number of rotatable bonds is 18. The predicted octanol–water partition coefficient (Wildman–Crippen LogP) is 4.82. The number of hydrogen-bond acceptors (Lipinski definition) is 9. The summed E-state index contributed by atoms with van der Waals surface area (Å²) in [5.74, 6) is -0.600. The Kier molecular flexibility index (Phi) is 15.1. The maximum Gasteiger partial charge on any atom is 0.359 e. The first-order chi connectivity index (χ1) is 21.4. The quantitative estimate of drug-likeness (QED) is 0.101. The SMILES string of the molecule is CC(=O)ON(C(=O)Nc1ccccc1)c1cccc(COCCOCCCCCCNC[C@H](O)c2ccc(O)c(CO)c2)c1. The molecule has 0 unspecified atom stereocenters. The summed E-state index contributed by atoms with van der Waals surface area (Å²) in [5.41, 5.74) is 2.83. The molecular weight excluding hydrogens is 566 g/mol. The van der Waals surface area contributed by atoms with Crippen molar-refractivity contribution in [3.8, 4) is 5.75 Å². The molecule has 3 aromatic carbocycles. The molecule has 0 bridgehead atoms. The lowest BCUT2D eigenvalue weighted by Crippen LogP contribution is -2.36. The summed E-state index contributed by atoms with van der Waals surface area (Å²) in [4.78, 5) is 29.6. The third-order valence-corrected chi connectivity index (χ3v) is 6.60. The minimum atomic E-state index is -0.706. The summed E-state index contributed by atoms with van der Waals surface area (Å²) in [5, 5.41) is 36.1. The number of urea groups is 1. The second-order valence-electron chi connectivity index (χ2n) is 10.2. The van der Waals surface area contributed by atoms with E-state index in [4.69, 9.17) is 14.3 Å². The maximum atomic E-state index is 12.8. The third-order valence-electron chi connectivity index (χ3n) is 6.60.